The monoisotopic (exact) mass is 351 g/mol. The van der Waals surface area contributed by atoms with E-state index >= 15 is 0 Å². The van der Waals surface area contributed by atoms with Crippen molar-refractivity contribution in [3.05, 3.63) is 62.6 Å². The average Bonchev–Trinajstić information content (AvgIpc) is 2.46. The van der Waals surface area contributed by atoms with Crippen molar-refractivity contribution >= 4 is 21.6 Å². The summed E-state index contributed by atoms with van der Waals surface area (Å²) in [5.41, 5.74) is 0.791. The smallest absolute Gasteiger partial charge is 0.311 e. The lowest BCUT2D eigenvalue weighted by Gasteiger charge is -2.09. The third kappa shape index (κ3) is 4.46. The molecular formula is C15H14BrNO4. The van der Waals surface area contributed by atoms with Crippen LogP contribution in [0.4, 0.5) is 5.69 Å². The number of hydrogen-bond acceptors (Lipinski definition) is 4. The van der Waals surface area contributed by atoms with E-state index < -0.39 is 4.92 Å². The van der Waals surface area contributed by atoms with Gasteiger partial charge in [-0.15, -0.1) is 0 Å². The summed E-state index contributed by atoms with van der Waals surface area (Å²) < 4.78 is 11.9. The zero-order valence-corrected chi connectivity index (χ0v) is 13.0. The highest BCUT2D eigenvalue weighted by Gasteiger charge is 2.14. The van der Waals surface area contributed by atoms with Crippen molar-refractivity contribution in [1.29, 1.82) is 0 Å². The number of hydrogen-bond donors (Lipinski definition) is 0. The first kappa shape index (κ1) is 15.3. The number of nitrogens with zero attached hydrogens (tertiary/aromatic N) is 1. The van der Waals surface area contributed by atoms with Gasteiger partial charge in [0.1, 0.15) is 19.0 Å². The van der Waals surface area contributed by atoms with Crippen molar-refractivity contribution in [2.75, 3.05) is 13.2 Å². The molecule has 0 N–H and O–H groups in total. The van der Waals surface area contributed by atoms with Crippen LogP contribution in [0.2, 0.25) is 0 Å². The number of ether oxygens (including phenoxy) is 2. The summed E-state index contributed by atoms with van der Waals surface area (Å²) in [6.45, 7) is 2.35. The fourth-order valence-corrected chi connectivity index (χ4v) is 2.00. The van der Waals surface area contributed by atoms with Crippen LogP contribution in [0.1, 0.15) is 5.56 Å². The first-order chi connectivity index (χ1) is 10.1. The average molecular weight is 352 g/mol. The molecule has 0 atom stereocenters. The fraction of sp³-hybridized carbons (Fsp3) is 0.200. The number of rotatable bonds is 6. The van der Waals surface area contributed by atoms with Gasteiger partial charge in [0, 0.05) is 10.5 Å². The molecule has 0 aliphatic heterocycles. The van der Waals surface area contributed by atoms with Gasteiger partial charge in [0.2, 0.25) is 0 Å². The van der Waals surface area contributed by atoms with E-state index in [1.165, 1.54) is 6.07 Å². The minimum Gasteiger partial charge on any atom is -0.490 e. The third-order valence-corrected chi connectivity index (χ3v) is 3.26. The summed E-state index contributed by atoms with van der Waals surface area (Å²) in [5.74, 6) is 0.977. The van der Waals surface area contributed by atoms with Gasteiger partial charge in [-0.2, -0.15) is 0 Å². The first-order valence-electron chi connectivity index (χ1n) is 6.32. The minimum atomic E-state index is -0.447. The summed E-state index contributed by atoms with van der Waals surface area (Å²) in [6.07, 6.45) is 0. The first-order valence-corrected chi connectivity index (χ1v) is 7.12. The zero-order valence-electron chi connectivity index (χ0n) is 11.4. The van der Waals surface area contributed by atoms with Crippen molar-refractivity contribution in [2.45, 2.75) is 6.92 Å². The Bertz CT molecular complexity index is 628. The van der Waals surface area contributed by atoms with Gasteiger partial charge in [-0.3, -0.25) is 10.1 Å². The molecule has 6 heteroatoms. The Morgan fingerprint density at radius 3 is 2.43 bits per heavy atom. The van der Waals surface area contributed by atoms with E-state index in [2.05, 4.69) is 15.9 Å². The summed E-state index contributed by atoms with van der Waals surface area (Å²) >= 11 is 3.34. The van der Waals surface area contributed by atoms with Crippen LogP contribution in [0.5, 0.6) is 11.5 Å². The maximum atomic E-state index is 10.9. The molecule has 0 saturated heterocycles. The van der Waals surface area contributed by atoms with Crippen LogP contribution < -0.4 is 9.47 Å². The number of nitro groups is 1. The molecule has 2 aromatic carbocycles. The fourth-order valence-electron chi connectivity index (χ4n) is 1.73. The molecule has 0 heterocycles. The SMILES string of the molecule is Cc1ccc(OCCOc2ccc(Br)cc2)c([N+](=O)[O-])c1. The molecule has 0 radical (unpaired) electrons. The summed E-state index contributed by atoms with van der Waals surface area (Å²) in [7, 11) is 0. The highest BCUT2D eigenvalue weighted by atomic mass is 79.9. The van der Waals surface area contributed by atoms with Crippen LogP contribution in [0.3, 0.4) is 0 Å². The van der Waals surface area contributed by atoms with Crippen LogP contribution in [-0.2, 0) is 0 Å². The molecule has 0 fully saturated rings. The molecule has 0 aliphatic rings. The Hall–Kier alpha value is -2.08. The van der Waals surface area contributed by atoms with Gasteiger partial charge in [0.15, 0.2) is 5.75 Å². The summed E-state index contributed by atoms with van der Waals surface area (Å²) in [5, 5.41) is 10.9. The largest absolute Gasteiger partial charge is 0.490 e. The van der Waals surface area contributed by atoms with E-state index in [1.54, 1.807) is 19.1 Å². The van der Waals surface area contributed by atoms with Gasteiger partial charge in [-0.1, -0.05) is 22.0 Å². The number of halogens is 1. The maximum absolute atomic E-state index is 10.9. The van der Waals surface area contributed by atoms with Crippen LogP contribution in [0, 0.1) is 17.0 Å². The molecular weight excluding hydrogens is 338 g/mol. The molecule has 0 amide bonds. The number of nitro benzene ring substituents is 1. The zero-order chi connectivity index (χ0) is 15.2. The molecule has 0 unspecified atom stereocenters. The Morgan fingerprint density at radius 2 is 1.76 bits per heavy atom. The van der Waals surface area contributed by atoms with E-state index in [9.17, 15) is 10.1 Å². The number of aryl methyl sites for hydroxylation is 1. The molecule has 0 aliphatic carbocycles. The van der Waals surface area contributed by atoms with Gasteiger partial charge in [-0.05, 0) is 42.8 Å². The molecule has 0 saturated carbocycles. The third-order valence-electron chi connectivity index (χ3n) is 2.73. The van der Waals surface area contributed by atoms with Crippen molar-refractivity contribution in [1.82, 2.24) is 0 Å². The van der Waals surface area contributed by atoms with Gasteiger partial charge >= 0.3 is 5.69 Å². The van der Waals surface area contributed by atoms with Gasteiger partial charge in [0.25, 0.3) is 0 Å². The van der Waals surface area contributed by atoms with Crippen molar-refractivity contribution in [3.63, 3.8) is 0 Å². The molecule has 0 aromatic heterocycles. The number of benzene rings is 2. The molecule has 2 rings (SSSR count). The summed E-state index contributed by atoms with van der Waals surface area (Å²) in [4.78, 5) is 10.5. The lowest BCUT2D eigenvalue weighted by atomic mass is 10.2. The predicted molar refractivity (Wildman–Crippen MR) is 83.0 cm³/mol. The lowest BCUT2D eigenvalue weighted by Crippen LogP contribution is -2.10. The van der Waals surface area contributed by atoms with Crippen molar-refractivity contribution < 1.29 is 14.4 Å². The van der Waals surface area contributed by atoms with Crippen molar-refractivity contribution in [3.8, 4) is 11.5 Å². The molecule has 2 aromatic rings. The molecule has 0 bridgehead atoms. The van der Waals surface area contributed by atoms with Crippen LogP contribution in [0.15, 0.2) is 46.9 Å². The lowest BCUT2D eigenvalue weighted by molar-refractivity contribution is -0.385. The highest BCUT2D eigenvalue weighted by Crippen LogP contribution is 2.27. The van der Waals surface area contributed by atoms with E-state index in [4.69, 9.17) is 9.47 Å². The second kappa shape index (κ2) is 7.08. The standard InChI is InChI=1S/C15H14BrNO4/c1-11-2-7-15(14(10-11)17(18)19)21-9-8-20-13-5-3-12(16)4-6-13/h2-7,10H,8-9H2,1H3. The van der Waals surface area contributed by atoms with Gasteiger partial charge in [0.05, 0.1) is 4.92 Å². The Morgan fingerprint density at radius 1 is 1.10 bits per heavy atom. The van der Waals surface area contributed by atoms with Gasteiger partial charge in [-0.25, -0.2) is 0 Å². The van der Waals surface area contributed by atoms with Gasteiger partial charge < -0.3 is 9.47 Å². The molecule has 5 nitrogen and oxygen atoms in total. The van der Waals surface area contributed by atoms with Crippen LogP contribution >= 0.6 is 15.9 Å². The molecule has 21 heavy (non-hydrogen) atoms. The summed E-state index contributed by atoms with van der Waals surface area (Å²) in [6, 6.07) is 12.3. The van der Waals surface area contributed by atoms with Crippen LogP contribution in [-0.4, -0.2) is 18.1 Å². The Balaban J connectivity index is 1.89. The van der Waals surface area contributed by atoms with Crippen molar-refractivity contribution in [2.24, 2.45) is 0 Å². The Labute approximate surface area is 130 Å². The van der Waals surface area contributed by atoms with Crippen LogP contribution in [0.25, 0.3) is 0 Å². The Kier molecular flexibility index (Phi) is 5.16. The minimum absolute atomic E-state index is 0.0290. The van der Waals surface area contributed by atoms with E-state index in [0.717, 1.165) is 15.8 Å². The normalized spacial score (nSPS) is 10.2. The molecule has 110 valence electrons. The second-order valence-electron chi connectivity index (χ2n) is 4.38. The molecule has 0 spiro atoms. The second-order valence-corrected chi connectivity index (χ2v) is 5.29. The van der Waals surface area contributed by atoms with E-state index in [-0.39, 0.29) is 18.0 Å². The maximum Gasteiger partial charge on any atom is 0.311 e. The quantitative estimate of drug-likeness (QED) is 0.446. The topological polar surface area (TPSA) is 61.6 Å². The highest BCUT2D eigenvalue weighted by molar-refractivity contribution is 9.10. The van der Waals surface area contributed by atoms with E-state index in [0.29, 0.717) is 6.61 Å². The predicted octanol–water partition coefficient (Wildman–Crippen LogP) is 4.12. The van der Waals surface area contributed by atoms with E-state index in [1.807, 2.05) is 24.3 Å².